The van der Waals surface area contributed by atoms with Crippen LogP contribution in [0.15, 0.2) is 59.8 Å². The SMILES string of the molecule is CCn1c(SCC(=O)NCc2ccc(C(=O)OC)cc2)nnc1-c1ccccc1. The number of hydrogen-bond acceptors (Lipinski definition) is 6. The van der Waals surface area contributed by atoms with E-state index in [4.69, 9.17) is 0 Å². The van der Waals surface area contributed by atoms with Gasteiger partial charge in [0.15, 0.2) is 11.0 Å². The van der Waals surface area contributed by atoms with Crippen molar-refractivity contribution in [3.63, 3.8) is 0 Å². The first-order valence-electron chi connectivity index (χ1n) is 9.17. The van der Waals surface area contributed by atoms with Crippen LogP contribution in [0.3, 0.4) is 0 Å². The van der Waals surface area contributed by atoms with E-state index in [2.05, 4.69) is 20.3 Å². The number of carbonyl (C=O) groups is 2. The fourth-order valence-electron chi connectivity index (χ4n) is 2.74. The maximum atomic E-state index is 12.2. The first-order valence-corrected chi connectivity index (χ1v) is 10.2. The fraction of sp³-hybridized carbons (Fsp3) is 0.238. The molecular weight excluding hydrogens is 388 g/mol. The van der Waals surface area contributed by atoms with E-state index in [1.165, 1.54) is 18.9 Å². The molecule has 2 aromatic carbocycles. The molecule has 8 heteroatoms. The lowest BCUT2D eigenvalue weighted by atomic mass is 10.1. The van der Waals surface area contributed by atoms with Crippen molar-refractivity contribution in [1.82, 2.24) is 20.1 Å². The summed E-state index contributed by atoms with van der Waals surface area (Å²) in [6.45, 7) is 3.13. The van der Waals surface area contributed by atoms with E-state index in [9.17, 15) is 9.59 Å². The summed E-state index contributed by atoms with van der Waals surface area (Å²) in [5.74, 6) is 0.556. The summed E-state index contributed by atoms with van der Waals surface area (Å²) in [6, 6.07) is 16.8. The van der Waals surface area contributed by atoms with Crippen LogP contribution in [0.4, 0.5) is 0 Å². The molecule has 0 saturated carbocycles. The molecular formula is C21H22N4O3S. The molecule has 1 aromatic heterocycles. The highest BCUT2D eigenvalue weighted by atomic mass is 32.2. The Hall–Kier alpha value is -3.13. The van der Waals surface area contributed by atoms with Crippen LogP contribution in [-0.2, 0) is 22.6 Å². The first kappa shape index (κ1) is 20.6. The third-order valence-corrected chi connectivity index (χ3v) is 5.23. The molecule has 150 valence electrons. The van der Waals surface area contributed by atoms with Gasteiger partial charge in [0.1, 0.15) is 0 Å². The van der Waals surface area contributed by atoms with Crippen molar-refractivity contribution in [3.8, 4) is 11.4 Å². The number of amides is 1. The summed E-state index contributed by atoms with van der Waals surface area (Å²) < 4.78 is 6.67. The first-order chi connectivity index (χ1) is 14.1. The summed E-state index contributed by atoms with van der Waals surface area (Å²) in [5.41, 5.74) is 2.37. The molecule has 7 nitrogen and oxygen atoms in total. The van der Waals surface area contributed by atoms with Gasteiger partial charge in [-0.3, -0.25) is 4.79 Å². The lowest BCUT2D eigenvalue weighted by molar-refractivity contribution is -0.118. The average Bonchev–Trinajstić information content (AvgIpc) is 3.19. The average molecular weight is 410 g/mol. The van der Waals surface area contributed by atoms with Crippen molar-refractivity contribution < 1.29 is 14.3 Å². The minimum atomic E-state index is -0.383. The van der Waals surface area contributed by atoms with E-state index >= 15 is 0 Å². The second-order valence-electron chi connectivity index (χ2n) is 6.17. The van der Waals surface area contributed by atoms with Gasteiger partial charge in [0, 0.05) is 18.7 Å². The van der Waals surface area contributed by atoms with Gasteiger partial charge in [-0.05, 0) is 24.6 Å². The summed E-state index contributed by atoms with van der Waals surface area (Å²) in [6.07, 6.45) is 0. The zero-order valence-corrected chi connectivity index (χ0v) is 17.1. The van der Waals surface area contributed by atoms with Crippen LogP contribution in [0.1, 0.15) is 22.8 Å². The van der Waals surface area contributed by atoms with Gasteiger partial charge in [0.05, 0.1) is 18.4 Å². The maximum absolute atomic E-state index is 12.2. The van der Waals surface area contributed by atoms with Gasteiger partial charge in [-0.25, -0.2) is 4.79 Å². The van der Waals surface area contributed by atoms with Crippen LogP contribution in [0.25, 0.3) is 11.4 Å². The molecule has 1 heterocycles. The zero-order valence-electron chi connectivity index (χ0n) is 16.3. The molecule has 0 radical (unpaired) electrons. The van der Waals surface area contributed by atoms with Crippen LogP contribution in [0.2, 0.25) is 0 Å². The van der Waals surface area contributed by atoms with E-state index in [0.29, 0.717) is 23.8 Å². The number of hydrogen-bond donors (Lipinski definition) is 1. The minimum Gasteiger partial charge on any atom is -0.465 e. The van der Waals surface area contributed by atoms with Gasteiger partial charge in [0.25, 0.3) is 0 Å². The van der Waals surface area contributed by atoms with E-state index in [0.717, 1.165) is 17.0 Å². The van der Waals surface area contributed by atoms with Crippen molar-refractivity contribution in [2.24, 2.45) is 0 Å². The lowest BCUT2D eigenvalue weighted by Gasteiger charge is -2.08. The highest BCUT2D eigenvalue weighted by Crippen LogP contribution is 2.23. The van der Waals surface area contributed by atoms with E-state index < -0.39 is 0 Å². The van der Waals surface area contributed by atoms with Crippen LogP contribution in [-0.4, -0.2) is 39.5 Å². The van der Waals surface area contributed by atoms with Gasteiger partial charge < -0.3 is 14.6 Å². The van der Waals surface area contributed by atoms with Crippen molar-refractivity contribution >= 4 is 23.6 Å². The van der Waals surface area contributed by atoms with Crippen LogP contribution >= 0.6 is 11.8 Å². The standard InChI is InChI=1S/C21H22N4O3S/c1-3-25-19(16-7-5-4-6-8-16)23-24-21(25)29-14-18(26)22-13-15-9-11-17(12-10-15)20(27)28-2/h4-12H,3,13-14H2,1-2H3,(H,22,26). The molecule has 0 unspecified atom stereocenters. The Balaban J connectivity index is 1.54. The number of thioether (sulfide) groups is 1. The molecule has 0 aliphatic rings. The Morgan fingerprint density at radius 3 is 2.45 bits per heavy atom. The monoisotopic (exact) mass is 410 g/mol. The smallest absolute Gasteiger partial charge is 0.337 e. The minimum absolute atomic E-state index is 0.0982. The number of aromatic nitrogens is 3. The van der Waals surface area contributed by atoms with Crippen LogP contribution < -0.4 is 5.32 Å². The number of ether oxygens (including phenoxy) is 1. The lowest BCUT2D eigenvalue weighted by Crippen LogP contribution is -2.24. The Morgan fingerprint density at radius 2 is 1.79 bits per heavy atom. The highest BCUT2D eigenvalue weighted by Gasteiger charge is 2.14. The van der Waals surface area contributed by atoms with Gasteiger partial charge in [0.2, 0.25) is 5.91 Å². The molecule has 1 amide bonds. The van der Waals surface area contributed by atoms with Gasteiger partial charge in [-0.15, -0.1) is 10.2 Å². The van der Waals surface area contributed by atoms with Crippen LogP contribution in [0.5, 0.6) is 0 Å². The largest absolute Gasteiger partial charge is 0.465 e. The number of esters is 1. The van der Waals surface area contributed by atoms with E-state index in [1.54, 1.807) is 24.3 Å². The maximum Gasteiger partial charge on any atom is 0.337 e. The molecule has 0 aliphatic heterocycles. The molecule has 3 aromatic rings. The summed E-state index contributed by atoms with van der Waals surface area (Å²) in [5, 5.41) is 12.1. The van der Waals surface area contributed by atoms with Crippen molar-refractivity contribution in [2.75, 3.05) is 12.9 Å². The molecule has 0 saturated heterocycles. The highest BCUT2D eigenvalue weighted by molar-refractivity contribution is 7.99. The third kappa shape index (κ3) is 5.23. The Bertz CT molecular complexity index is 971. The Morgan fingerprint density at radius 1 is 1.07 bits per heavy atom. The molecule has 0 fully saturated rings. The summed E-state index contributed by atoms with van der Waals surface area (Å²) in [7, 11) is 1.34. The van der Waals surface area contributed by atoms with Gasteiger partial charge in [-0.2, -0.15) is 0 Å². The Labute approximate surface area is 173 Å². The van der Waals surface area contributed by atoms with Gasteiger partial charge in [-0.1, -0.05) is 54.2 Å². The van der Waals surface area contributed by atoms with Crippen molar-refractivity contribution in [3.05, 3.63) is 65.7 Å². The van der Waals surface area contributed by atoms with Crippen molar-refractivity contribution in [1.29, 1.82) is 0 Å². The van der Waals surface area contributed by atoms with Crippen LogP contribution in [0, 0.1) is 0 Å². The Kier molecular flexibility index (Phi) is 7.02. The zero-order chi connectivity index (χ0) is 20.6. The summed E-state index contributed by atoms with van der Waals surface area (Å²) in [4.78, 5) is 23.7. The third-order valence-electron chi connectivity index (χ3n) is 4.26. The molecule has 0 atom stereocenters. The second kappa shape index (κ2) is 9.88. The van der Waals surface area contributed by atoms with E-state index in [-0.39, 0.29) is 17.6 Å². The topological polar surface area (TPSA) is 86.1 Å². The van der Waals surface area contributed by atoms with Crippen molar-refractivity contribution in [2.45, 2.75) is 25.2 Å². The number of nitrogens with zero attached hydrogens (tertiary/aromatic N) is 3. The second-order valence-corrected chi connectivity index (χ2v) is 7.11. The van der Waals surface area contributed by atoms with Gasteiger partial charge >= 0.3 is 5.97 Å². The molecule has 0 aliphatic carbocycles. The molecule has 29 heavy (non-hydrogen) atoms. The fourth-order valence-corrected chi connectivity index (χ4v) is 3.57. The number of rotatable bonds is 8. The molecule has 0 bridgehead atoms. The van der Waals surface area contributed by atoms with E-state index in [1.807, 2.05) is 41.8 Å². The summed E-state index contributed by atoms with van der Waals surface area (Å²) >= 11 is 1.36. The molecule has 1 N–H and O–H groups in total. The predicted molar refractivity (Wildman–Crippen MR) is 111 cm³/mol. The quantitative estimate of drug-likeness (QED) is 0.453. The number of benzene rings is 2. The normalized spacial score (nSPS) is 10.6. The number of nitrogens with one attached hydrogen (secondary N) is 1. The predicted octanol–water partition coefficient (Wildman–Crippen LogP) is 3.16. The molecule has 3 rings (SSSR count). The molecule has 0 spiro atoms. The number of carbonyl (C=O) groups excluding carboxylic acids is 2. The number of methoxy groups -OCH3 is 1.